The summed E-state index contributed by atoms with van der Waals surface area (Å²) in [6.07, 6.45) is 1.28. The molecule has 150 valence electrons. The van der Waals surface area contributed by atoms with Crippen molar-refractivity contribution in [2.45, 2.75) is 32.7 Å². The van der Waals surface area contributed by atoms with E-state index in [1.807, 2.05) is 13.8 Å². The minimum atomic E-state index is -0.600. The number of hydrogen-bond acceptors (Lipinski definition) is 4. The average Bonchev–Trinajstić information content (AvgIpc) is 3.33. The van der Waals surface area contributed by atoms with Crippen molar-refractivity contribution in [3.8, 4) is 11.1 Å². The fourth-order valence-corrected chi connectivity index (χ4v) is 4.42. The lowest BCUT2D eigenvalue weighted by atomic mass is 9.79. The standard InChI is InChI=1S/C22H28N2O3S/c1-16(2)23-21(26)22(9-10-24(15-22)20(25)13-27-3)12-17-4-6-18(7-5-17)19-8-11-28-14-19/h4-8,11,14,16H,9-10,12-13,15H2,1-3H3,(H,23,26). The van der Waals surface area contributed by atoms with Gasteiger partial charge in [-0.05, 0) is 60.2 Å². The van der Waals surface area contributed by atoms with E-state index in [0.717, 1.165) is 5.56 Å². The zero-order valence-electron chi connectivity index (χ0n) is 16.7. The van der Waals surface area contributed by atoms with Gasteiger partial charge in [0.15, 0.2) is 0 Å². The molecule has 3 rings (SSSR count). The van der Waals surface area contributed by atoms with Gasteiger partial charge in [0.1, 0.15) is 6.61 Å². The number of benzene rings is 1. The van der Waals surface area contributed by atoms with Gasteiger partial charge in [0.05, 0.1) is 5.41 Å². The molecule has 1 N–H and O–H groups in total. The van der Waals surface area contributed by atoms with Gasteiger partial charge in [-0.25, -0.2) is 0 Å². The number of carbonyl (C=O) groups is 2. The van der Waals surface area contributed by atoms with Crippen LogP contribution < -0.4 is 5.32 Å². The summed E-state index contributed by atoms with van der Waals surface area (Å²) in [4.78, 5) is 27.1. The molecular formula is C22H28N2O3S. The third-order valence-corrected chi connectivity index (χ3v) is 5.91. The molecule has 6 heteroatoms. The molecule has 1 aliphatic heterocycles. The predicted octanol–water partition coefficient (Wildman–Crippen LogP) is 3.35. The van der Waals surface area contributed by atoms with E-state index in [0.29, 0.717) is 25.9 Å². The van der Waals surface area contributed by atoms with Crippen LogP contribution in [0.3, 0.4) is 0 Å². The summed E-state index contributed by atoms with van der Waals surface area (Å²) >= 11 is 1.68. The number of amides is 2. The predicted molar refractivity (Wildman–Crippen MR) is 112 cm³/mol. The second kappa shape index (κ2) is 8.88. The van der Waals surface area contributed by atoms with Crippen molar-refractivity contribution in [1.29, 1.82) is 0 Å². The number of thiophene rings is 1. The number of methoxy groups -OCH3 is 1. The first kappa shape index (κ1) is 20.6. The molecule has 1 fully saturated rings. The summed E-state index contributed by atoms with van der Waals surface area (Å²) in [5.41, 5.74) is 2.89. The summed E-state index contributed by atoms with van der Waals surface area (Å²) < 4.78 is 4.99. The van der Waals surface area contributed by atoms with Crippen LogP contribution in [0.15, 0.2) is 41.1 Å². The van der Waals surface area contributed by atoms with E-state index in [1.54, 1.807) is 16.2 Å². The summed E-state index contributed by atoms with van der Waals surface area (Å²) in [6, 6.07) is 10.6. The minimum Gasteiger partial charge on any atom is -0.375 e. The van der Waals surface area contributed by atoms with Gasteiger partial charge in [0, 0.05) is 26.2 Å². The number of nitrogens with one attached hydrogen (secondary N) is 1. The molecule has 2 heterocycles. The maximum absolute atomic E-state index is 13.1. The second-order valence-corrected chi connectivity index (χ2v) is 8.57. The molecular weight excluding hydrogens is 372 g/mol. The summed E-state index contributed by atoms with van der Waals surface area (Å²) in [7, 11) is 1.52. The molecule has 1 aromatic heterocycles. The van der Waals surface area contributed by atoms with E-state index in [4.69, 9.17) is 4.74 Å². The van der Waals surface area contributed by atoms with Crippen LogP contribution in [0.4, 0.5) is 0 Å². The lowest BCUT2D eigenvalue weighted by Gasteiger charge is -2.29. The van der Waals surface area contributed by atoms with Crippen LogP contribution in [-0.2, 0) is 20.7 Å². The lowest BCUT2D eigenvalue weighted by molar-refractivity contribution is -0.136. The first-order valence-electron chi connectivity index (χ1n) is 9.63. The van der Waals surface area contributed by atoms with E-state index in [1.165, 1.54) is 18.2 Å². The molecule has 1 aliphatic rings. The van der Waals surface area contributed by atoms with E-state index < -0.39 is 5.41 Å². The highest BCUT2D eigenvalue weighted by Crippen LogP contribution is 2.35. The van der Waals surface area contributed by atoms with Gasteiger partial charge >= 0.3 is 0 Å². The fraction of sp³-hybridized carbons (Fsp3) is 0.455. The zero-order valence-corrected chi connectivity index (χ0v) is 17.6. The van der Waals surface area contributed by atoms with Crippen LogP contribution in [0.25, 0.3) is 11.1 Å². The molecule has 1 atom stereocenters. The minimum absolute atomic E-state index is 0.0251. The van der Waals surface area contributed by atoms with Crippen LogP contribution in [0.5, 0.6) is 0 Å². The van der Waals surface area contributed by atoms with Crippen molar-refractivity contribution in [3.63, 3.8) is 0 Å². The summed E-state index contributed by atoms with van der Waals surface area (Å²) in [6.45, 7) is 4.99. The van der Waals surface area contributed by atoms with Gasteiger partial charge in [0.2, 0.25) is 11.8 Å². The molecule has 2 amide bonds. The number of carbonyl (C=O) groups excluding carboxylic acids is 2. The molecule has 1 unspecified atom stereocenters. The number of likely N-dealkylation sites (tertiary alicyclic amines) is 1. The largest absolute Gasteiger partial charge is 0.375 e. The smallest absolute Gasteiger partial charge is 0.248 e. The molecule has 0 radical (unpaired) electrons. The molecule has 2 aromatic rings. The molecule has 1 saturated heterocycles. The number of rotatable bonds is 7. The van der Waals surface area contributed by atoms with E-state index in [2.05, 4.69) is 46.4 Å². The van der Waals surface area contributed by atoms with Crippen molar-refractivity contribution >= 4 is 23.2 Å². The molecule has 28 heavy (non-hydrogen) atoms. The Morgan fingerprint density at radius 2 is 1.96 bits per heavy atom. The molecule has 0 aliphatic carbocycles. The van der Waals surface area contributed by atoms with Crippen LogP contribution in [0, 0.1) is 5.41 Å². The van der Waals surface area contributed by atoms with E-state index in [-0.39, 0.29) is 24.5 Å². The quantitative estimate of drug-likeness (QED) is 0.775. The maximum atomic E-state index is 13.1. The van der Waals surface area contributed by atoms with Gasteiger partial charge in [0.25, 0.3) is 0 Å². The number of nitrogens with zero attached hydrogens (tertiary/aromatic N) is 1. The number of ether oxygens (including phenoxy) is 1. The van der Waals surface area contributed by atoms with Crippen molar-refractivity contribution in [1.82, 2.24) is 10.2 Å². The van der Waals surface area contributed by atoms with Crippen LogP contribution in [0.1, 0.15) is 25.8 Å². The highest BCUT2D eigenvalue weighted by Gasteiger charge is 2.46. The topological polar surface area (TPSA) is 58.6 Å². The van der Waals surface area contributed by atoms with Gasteiger partial charge in [-0.2, -0.15) is 11.3 Å². The molecule has 5 nitrogen and oxygen atoms in total. The van der Waals surface area contributed by atoms with Gasteiger partial charge < -0.3 is 15.0 Å². The highest BCUT2D eigenvalue weighted by molar-refractivity contribution is 7.08. The number of hydrogen-bond donors (Lipinski definition) is 1. The highest BCUT2D eigenvalue weighted by atomic mass is 32.1. The Kier molecular flexibility index (Phi) is 6.52. The van der Waals surface area contributed by atoms with Crippen molar-refractivity contribution in [3.05, 3.63) is 46.7 Å². The third kappa shape index (κ3) is 4.62. The van der Waals surface area contributed by atoms with Crippen molar-refractivity contribution in [2.24, 2.45) is 5.41 Å². The Balaban J connectivity index is 1.80. The Hall–Kier alpha value is -2.18. The third-order valence-electron chi connectivity index (χ3n) is 5.23. The SMILES string of the molecule is COCC(=O)N1CCC(Cc2ccc(-c3ccsc3)cc2)(C(=O)NC(C)C)C1. The first-order valence-corrected chi connectivity index (χ1v) is 10.6. The van der Waals surface area contributed by atoms with Crippen molar-refractivity contribution in [2.75, 3.05) is 26.8 Å². The Morgan fingerprint density at radius 1 is 1.21 bits per heavy atom. The molecule has 1 aromatic carbocycles. The Labute approximate surface area is 170 Å². The molecule has 0 spiro atoms. The van der Waals surface area contributed by atoms with Gasteiger partial charge in [-0.15, -0.1) is 0 Å². The van der Waals surface area contributed by atoms with Crippen LogP contribution >= 0.6 is 11.3 Å². The molecule has 0 saturated carbocycles. The fourth-order valence-electron chi connectivity index (χ4n) is 3.76. The van der Waals surface area contributed by atoms with E-state index >= 15 is 0 Å². The zero-order chi connectivity index (χ0) is 20.1. The van der Waals surface area contributed by atoms with Gasteiger partial charge in [-0.1, -0.05) is 24.3 Å². The average molecular weight is 401 g/mol. The Morgan fingerprint density at radius 3 is 2.57 bits per heavy atom. The molecule has 0 bridgehead atoms. The lowest BCUT2D eigenvalue weighted by Crippen LogP contribution is -2.47. The van der Waals surface area contributed by atoms with E-state index in [9.17, 15) is 9.59 Å². The maximum Gasteiger partial charge on any atom is 0.248 e. The normalized spacial score (nSPS) is 19.2. The van der Waals surface area contributed by atoms with Crippen molar-refractivity contribution < 1.29 is 14.3 Å². The summed E-state index contributed by atoms with van der Waals surface area (Å²) in [5, 5.41) is 7.26. The first-order chi connectivity index (χ1) is 13.4. The summed E-state index contributed by atoms with van der Waals surface area (Å²) in [5.74, 6) is -0.0355. The van der Waals surface area contributed by atoms with Gasteiger partial charge in [-0.3, -0.25) is 9.59 Å². The Bertz CT molecular complexity index is 802. The van der Waals surface area contributed by atoms with Crippen LogP contribution in [-0.4, -0.2) is 49.6 Å². The second-order valence-electron chi connectivity index (χ2n) is 7.79. The monoisotopic (exact) mass is 400 g/mol. The van der Waals surface area contributed by atoms with Crippen LogP contribution in [0.2, 0.25) is 0 Å².